The van der Waals surface area contributed by atoms with Crippen LogP contribution in [-0.4, -0.2) is 18.6 Å². The van der Waals surface area contributed by atoms with E-state index in [4.69, 9.17) is 0 Å². The molecule has 3 N–H and O–H groups in total. The van der Waals surface area contributed by atoms with Crippen LogP contribution in [0.2, 0.25) is 0 Å². The number of urea groups is 1. The average Bonchev–Trinajstić information content (AvgIpc) is 2.92. The fourth-order valence-corrected chi connectivity index (χ4v) is 3.05. The van der Waals surface area contributed by atoms with Gasteiger partial charge in [-0.2, -0.15) is 0 Å². The predicted octanol–water partition coefficient (Wildman–Crippen LogP) is 2.40. The molecule has 0 radical (unpaired) electrons. The second kappa shape index (κ2) is 5.61. The number of amides is 2. The summed E-state index contributed by atoms with van der Waals surface area (Å²) >= 11 is 0. The third-order valence-corrected chi connectivity index (χ3v) is 4.08. The van der Waals surface area contributed by atoms with Crippen LogP contribution < -0.4 is 16.0 Å². The lowest BCUT2D eigenvalue weighted by atomic mass is 9.99. The summed E-state index contributed by atoms with van der Waals surface area (Å²) in [5, 5.41) is 9.43. The highest BCUT2D eigenvalue weighted by Gasteiger charge is 2.18. The average molecular weight is 259 g/mol. The van der Waals surface area contributed by atoms with Gasteiger partial charge in [0.25, 0.3) is 0 Å². The molecule has 1 heterocycles. The fourth-order valence-electron chi connectivity index (χ4n) is 3.05. The van der Waals surface area contributed by atoms with Gasteiger partial charge in [-0.25, -0.2) is 4.79 Å². The molecule has 4 heteroatoms. The number of carbonyl (C=O) groups excluding carboxylic acids is 1. The number of benzene rings is 1. The van der Waals surface area contributed by atoms with E-state index in [0.29, 0.717) is 6.04 Å². The van der Waals surface area contributed by atoms with Crippen LogP contribution in [0.4, 0.5) is 10.5 Å². The Morgan fingerprint density at radius 1 is 1.26 bits per heavy atom. The number of fused-ring (bicyclic) bond motifs is 1. The van der Waals surface area contributed by atoms with Gasteiger partial charge in [0.15, 0.2) is 0 Å². The molecule has 19 heavy (non-hydrogen) atoms. The highest BCUT2D eigenvalue weighted by Crippen LogP contribution is 2.23. The maximum Gasteiger partial charge on any atom is 0.319 e. The number of anilines is 1. The van der Waals surface area contributed by atoms with Gasteiger partial charge in [-0.3, -0.25) is 0 Å². The first-order valence-electron chi connectivity index (χ1n) is 7.22. The van der Waals surface area contributed by atoms with E-state index in [1.54, 1.807) is 0 Å². The van der Waals surface area contributed by atoms with E-state index in [2.05, 4.69) is 22.0 Å². The van der Waals surface area contributed by atoms with E-state index in [0.717, 1.165) is 38.0 Å². The molecule has 1 aliphatic heterocycles. The Bertz CT molecular complexity index is 466. The molecule has 1 aliphatic carbocycles. The van der Waals surface area contributed by atoms with Crippen LogP contribution in [0.25, 0.3) is 0 Å². The van der Waals surface area contributed by atoms with E-state index in [-0.39, 0.29) is 6.03 Å². The SMILES string of the molecule is O=C(Nc1cccc2c1CNCC2)NC1CCCC1. The molecule has 2 aliphatic rings. The largest absolute Gasteiger partial charge is 0.335 e. The number of rotatable bonds is 2. The molecule has 0 bridgehead atoms. The number of nitrogens with one attached hydrogen (secondary N) is 3. The summed E-state index contributed by atoms with van der Waals surface area (Å²) < 4.78 is 0. The second-order valence-corrected chi connectivity index (χ2v) is 5.45. The Hall–Kier alpha value is -1.55. The number of hydrogen-bond donors (Lipinski definition) is 3. The standard InChI is InChI=1S/C15H21N3O/c19-15(17-12-5-1-2-6-12)18-14-7-3-4-11-8-9-16-10-13(11)14/h3-4,7,12,16H,1-2,5-6,8-10H2,(H2,17,18,19). The van der Waals surface area contributed by atoms with E-state index in [9.17, 15) is 4.79 Å². The molecule has 1 aromatic carbocycles. The fraction of sp³-hybridized carbons (Fsp3) is 0.533. The Morgan fingerprint density at radius 2 is 2.11 bits per heavy atom. The summed E-state index contributed by atoms with van der Waals surface area (Å²) in [6.07, 6.45) is 5.73. The predicted molar refractivity (Wildman–Crippen MR) is 76.3 cm³/mol. The minimum atomic E-state index is -0.0640. The molecular formula is C15H21N3O. The van der Waals surface area contributed by atoms with E-state index >= 15 is 0 Å². The smallest absolute Gasteiger partial charge is 0.319 e. The normalized spacial score (nSPS) is 18.9. The van der Waals surface area contributed by atoms with E-state index in [1.165, 1.54) is 24.0 Å². The van der Waals surface area contributed by atoms with Crippen LogP contribution in [0.5, 0.6) is 0 Å². The van der Waals surface area contributed by atoms with Crippen molar-refractivity contribution < 1.29 is 4.79 Å². The molecular weight excluding hydrogens is 238 g/mol. The minimum Gasteiger partial charge on any atom is -0.335 e. The maximum absolute atomic E-state index is 12.0. The number of hydrogen-bond acceptors (Lipinski definition) is 2. The van der Waals surface area contributed by atoms with Gasteiger partial charge in [-0.1, -0.05) is 25.0 Å². The third-order valence-electron chi connectivity index (χ3n) is 4.08. The first-order valence-corrected chi connectivity index (χ1v) is 7.22. The van der Waals surface area contributed by atoms with Crippen LogP contribution in [0.15, 0.2) is 18.2 Å². The van der Waals surface area contributed by atoms with Gasteiger partial charge < -0.3 is 16.0 Å². The van der Waals surface area contributed by atoms with Crippen LogP contribution in [0.3, 0.4) is 0 Å². The zero-order valence-electron chi connectivity index (χ0n) is 11.2. The zero-order valence-corrected chi connectivity index (χ0v) is 11.2. The van der Waals surface area contributed by atoms with Crippen molar-refractivity contribution >= 4 is 11.7 Å². The first-order chi connectivity index (χ1) is 9.33. The Kier molecular flexibility index (Phi) is 3.69. The van der Waals surface area contributed by atoms with Gasteiger partial charge in [0.05, 0.1) is 0 Å². The molecule has 0 saturated heterocycles. The van der Waals surface area contributed by atoms with Crippen LogP contribution in [0, 0.1) is 0 Å². The molecule has 1 aromatic rings. The van der Waals surface area contributed by atoms with Crippen molar-refractivity contribution in [3.05, 3.63) is 29.3 Å². The van der Waals surface area contributed by atoms with Crippen LogP contribution >= 0.6 is 0 Å². The molecule has 0 atom stereocenters. The molecule has 1 saturated carbocycles. The third kappa shape index (κ3) is 2.89. The molecule has 102 valence electrons. The highest BCUT2D eigenvalue weighted by molar-refractivity contribution is 5.90. The summed E-state index contributed by atoms with van der Waals surface area (Å²) in [5.41, 5.74) is 3.52. The van der Waals surface area contributed by atoms with Gasteiger partial charge in [0.2, 0.25) is 0 Å². The van der Waals surface area contributed by atoms with Gasteiger partial charge in [0, 0.05) is 18.3 Å². The highest BCUT2D eigenvalue weighted by atomic mass is 16.2. The summed E-state index contributed by atoms with van der Waals surface area (Å²) in [4.78, 5) is 12.0. The minimum absolute atomic E-state index is 0.0640. The molecule has 3 rings (SSSR count). The van der Waals surface area contributed by atoms with Crippen molar-refractivity contribution in [2.24, 2.45) is 0 Å². The topological polar surface area (TPSA) is 53.2 Å². The molecule has 0 spiro atoms. The Balaban J connectivity index is 1.67. The summed E-state index contributed by atoms with van der Waals surface area (Å²) in [7, 11) is 0. The zero-order chi connectivity index (χ0) is 13.1. The van der Waals surface area contributed by atoms with Gasteiger partial charge in [-0.05, 0) is 43.0 Å². The summed E-state index contributed by atoms with van der Waals surface area (Å²) in [6, 6.07) is 6.45. The van der Waals surface area contributed by atoms with Crippen molar-refractivity contribution in [3.8, 4) is 0 Å². The van der Waals surface area contributed by atoms with Crippen molar-refractivity contribution in [1.82, 2.24) is 10.6 Å². The number of carbonyl (C=O) groups is 1. The van der Waals surface area contributed by atoms with Crippen molar-refractivity contribution in [3.63, 3.8) is 0 Å². The van der Waals surface area contributed by atoms with Crippen molar-refractivity contribution in [1.29, 1.82) is 0 Å². The Labute approximate surface area is 114 Å². The van der Waals surface area contributed by atoms with Gasteiger partial charge in [0.1, 0.15) is 0 Å². The van der Waals surface area contributed by atoms with E-state index in [1.807, 2.05) is 12.1 Å². The molecule has 1 fully saturated rings. The van der Waals surface area contributed by atoms with Crippen LogP contribution in [0.1, 0.15) is 36.8 Å². The van der Waals surface area contributed by atoms with Gasteiger partial charge in [-0.15, -0.1) is 0 Å². The summed E-state index contributed by atoms with van der Waals surface area (Å²) in [6.45, 7) is 1.86. The summed E-state index contributed by atoms with van der Waals surface area (Å²) in [5.74, 6) is 0. The molecule has 0 aromatic heterocycles. The molecule has 2 amide bonds. The molecule has 0 unspecified atom stereocenters. The maximum atomic E-state index is 12.0. The Morgan fingerprint density at radius 3 is 2.95 bits per heavy atom. The van der Waals surface area contributed by atoms with Crippen molar-refractivity contribution in [2.45, 2.75) is 44.7 Å². The molecule has 4 nitrogen and oxygen atoms in total. The monoisotopic (exact) mass is 259 g/mol. The lowest BCUT2D eigenvalue weighted by molar-refractivity contribution is 0.248. The van der Waals surface area contributed by atoms with E-state index < -0.39 is 0 Å². The van der Waals surface area contributed by atoms with Gasteiger partial charge >= 0.3 is 6.03 Å². The van der Waals surface area contributed by atoms with Crippen molar-refractivity contribution in [2.75, 3.05) is 11.9 Å². The lowest BCUT2D eigenvalue weighted by Crippen LogP contribution is -2.36. The van der Waals surface area contributed by atoms with Crippen LogP contribution in [-0.2, 0) is 13.0 Å². The quantitative estimate of drug-likeness (QED) is 0.764. The first kappa shape index (κ1) is 12.5. The lowest BCUT2D eigenvalue weighted by Gasteiger charge is -2.21. The second-order valence-electron chi connectivity index (χ2n) is 5.45.